The van der Waals surface area contributed by atoms with Gasteiger partial charge < -0.3 is 25.2 Å². The number of nitrogens with one attached hydrogen (secondary N) is 3. The lowest BCUT2D eigenvalue weighted by Gasteiger charge is -2.52. The molecule has 4 aliphatic rings. The summed E-state index contributed by atoms with van der Waals surface area (Å²) in [4.78, 5) is 40.5. The van der Waals surface area contributed by atoms with Gasteiger partial charge in [-0.15, -0.1) is 0 Å². The van der Waals surface area contributed by atoms with E-state index in [9.17, 15) is 14.4 Å². The maximum atomic E-state index is 12.1. The van der Waals surface area contributed by atoms with Gasteiger partial charge in [-0.25, -0.2) is 4.79 Å². The van der Waals surface area contributed by atoms with Gasteiger partial charge in [0.25, 0.3) is 0 Å². The molecule has 9 nitrogen and oxygen atoms in total. The fourth-order valence-electron chi connectivity index (χ4n) is 6.72. The highest BCUT2D eigenvalue weighted by Crippen LogP contribution is 2.49. The summed E-state index contributed by atoms with van der Waals surface area (Å²) in [5, 5.41) is 8.71. The van der Waals surface area contributed by atoms with Crippen molar-refractivity contribution in [2.75, 3.05) is 42.9 Å². The molecule has 1 aromatic carbocycles. The molecule has 214 valence electrons. The first-order valence-electron chi connectivity index (χ1n) is 14.7. The molecule has 3 aliphatic heterocycles. The highest BCUT2D eigenvalue weighted by molar-refractivity contribution is 6.01. The van der Waals surface area contributed by atoms with Gasteiger partial charge in [0, 0.05) is 43.5 Å². The number of benzene rings is 1. The van der Waals surface area contributed by atoms with E-state index in [1.165, 1.54) is 51.0 Å². The minimum atomic E-state index is -0.450. The number of piperidine rings is 3. The molecular weight excluding hydrogens is 494 g/mol. The van der Waals surface area contributed by atoms with Crippen LogP contribution in [0, 0.1) is 11.3 Å². The summed E-state index contributed by atoms with van der Waals surface area (Å²) in [6.07, 6.45) is 7.67. The Balaban J connectivity index is 0.993. The normalized spacial score (nSPS) is 24.7. The van der Waals surface area contributed by atoms with Crippen LogP contribution in [0.2, 0.25) is 0 Å². The molecule has 3 heterocycles. The molecule has 1 unspecified atom stereocenters. The van der Waals surface area contributed by atoms with Crippen LogP contribution in [0.5, 0.6) is 0 Å². The Kier molecular flexibility index (Phi) is 8.08. The quantitative estimate of drug-likeness (QED) is 0.472. The van der Waals surface area contributed by atoms with Gasteiger partial charge in [-0.05, 0) is 114 Å². The topological polar surface area (TPSA) is 103 Å². The number of ether oxygens (including phenoxy) is 1. The third kappa shape index (κ3) is 7.24. The molecular formula is C30H45N5O4. The van der Waals surface area contributed by atoms with E-state index >= 15 is 0 Å². The second-order valence-corrected chi connectivity index (χ2v) is 13.2. The van der Waals surface area contributed by atoms with Crippen molar-refractivity contribution in [1.82, 2.24) is 15.5 Å². The molecule has 1 atom stereocenters. The van der Waals surface area contributed by atoms with Gasteiger partial charge in [0.15, 0.2) is 0 Å². The second-order valence-electron chi connectivity index (χ2n) is 13.2. The van der Waals surface area contributed by atoms with Crippen molar-refractivity contribution >= 4 is 29.3 Å². The van der Waals surface area contributed by atoms with Crippen molar-refractivity contribution in [3.8, 4) is 0 Å². The molecule has 1 spiro atoms. The van der Waals surface area contributed by atoms with Crippen molar-refractivity contribution in [2.45, 2.75) is 89.8 Å². The zero-order chi connectivity index (χ0) is 27.6. The first-order valence-corrected chi connectivity index (χ1v) is 14.7. The standard InChI is InChI=1S/C30H45N5O4/c1-29(2,3)39-28(38)32-23-18-30(19-23)12-16-34(17-13-30)20-21-10-14-35(15-11-21)24-6-4-22(5-7-24)31-25-8-9-26(36)33-27(25)37/h4-7,21,23,25,31H,8-20H2,1-3H3,(H,32,38)(H,33,36,37). The molecule has 5 rings (SSSR count). The lowest BCUT2D eigenvalue weighted by molar-refractivity contribution is -0.133. The van der Waals surface area contributed by atoms with E-state index in [1.807, 2.05) is 32.9 Å². The number of hydrogen-bond acceptors (Lipinski definition) is 7. The summed E-state index contributed by atoms with van der Waals surface area (Å²) in [5.74, 6) is 0.308. The Labute approximate surface area is 232 Å². The van der Waals surface area contributed by atoms with Crippen LogP contribution in [0.1, 0.15) is 72.1 Å². The highest BCUT2D eigenvalue weighted by atomic mass is 16.6. The predicted octanol–water partition coefficient (Wildman–Crippen LogP) is 3.89. The zero-order valence-corrected chi connectivity index (χ0v) is 23.8. The van der Waals surface area contributed by atoms with Crippen LogP contribution < -0.4 is 20.9 Å². The number of alkyl carbamates (subject to hydrolysis) is 1. The summed E-state index contributed by atoms with van der Waals surface area (Å²) in [6, 6.07) is 8.22. The van der Waals surface area contributed by atoms with Gasteiger partial charge in [0.1, 0.15) is 11.6 Å². The summed E-state index contributed by atoms with van der Waals surface area (Å²) in [5.41, 5.74) is 2.10. The Morgan fingerprint density at radius 2 is 1.69 bits per heavy atom. The summed E-state index contributed by atoms with van der Waals surface area (Å²) in [7, 11) is 0. The number of carbonyl (C=O) groups excluding carboxylic acids is 3. The lowest BCUT2D eigenvalue weighted by Crippen LogP contribution is -2.55. The molecule has 3 amide bonds. The Hall–Kier alpha value is -2.81. The minimum absolute atomic E-state index is 0.192. The van der Waals surface area contributed by atoms with Gasteiger partial charge in [-0.1, -0.05) is 0 Å². The van der Waals surface area contributed by atoms with Crippen molar-refractivity contribution in [2.24, 2.45) is 11.3 Å². The summed E-state index contributed by atoms with van der Waals surface area (Å²) < 4.78 is 5.41. The predicted molar refractivity (Wildman–Crippen MR) is 152 cm³/mol. The average molecular weight is 540 g/mol. The number of anilines is 2. The molecule has 9 heteroatoms. The molecule has 39 heavy (non-hydrogen) atoms. The number of likely N-dealkylation sites (tertiary alicyclic amines) is 1. The number of amides is 3. The van der Waals surface area contributed by atoms with Crippen molar-refractivity contribution < 1.29 is 19.1 Å². The number of rotatable bonds is 6. The summed E-state index contributed by atoms with van der Waals surface area (Å²) in [6.45, 7) is 11.4. The van der Waals surface area contributed by atoms with E-state index in [-0.39, 0.29) is 30.0 Å². The highest BCUT2D eigenvalue weighted by Gasteiger charge is 2.46. The van der Waals surface area contributed by atoms with E-state index in [1.54, 1.807) is 0 Å². The fourth-order valence-corrected chi connectivity index (χ4v) is 6.72. The molecule has 1 saturated carbocycles. The molecule has 4 fully saturated rings. The summed E-state index contributed by atoms with van der Waals surface area (Å²) >= 11 is 0. The van der Waals surface area contributed by atoms with Crippen molar-refractivity contribution in [3.63, 3.8) is 0 Å². The molecule has 1 aromatic rings. The number of carbonyl (C=O) groups is 3. The smallest absolute Gasteiger partial charge is 0.407 e. The zero-order valence-electron chi connectivity index (χ0n) is 23.8. The molecule has 1 aliphatic carbocycles. The van der Waals surface area contributed by atoms with Crippen LogP contribution in [0.25, 0.3) is 0 Å². The van der Waals surface area contributed by atoms with E-state index in [2.05, 4.69) is 37.9 Å². The monoisotopic (exact) mass is 539 g/mol. The Morgan fingerprint density at radius 3 is 2.31 bits per heavy atom. The lowest BCUT2D eigenvalue weighted by atomic mass is 9.60. The van der Waals surface area contributed by atoms with Gasteiger partial charge in [-0.3, -0.25) is 14.9 Å². The molecule has 0 bridgehead atoms. The Bertz CT molecular complexity index is 1030. The molecule has 0 aromatic heterocycles. The van der Waals surface area contributed by atoms with Crippen LogP contribution in [0.15, 0.2) is 24.3 Å². The van der Waals surface area contributed by atoms with Gasteiger partial charge >= 0.3 is 6.09 Å². The molecule has 3 saturated heterocycles. The van der Waals surface area contributed by atoms with E-state index in [0.717, 1.165) is 37.5 Å². The minimum Gasteiger partial charge on any atom is -0.444 e. The first kappa shape index (κ1) is 27.7. The van der Waals surface area contributed by atoms with Gasteiger partial charge in [0.2, 0.25) is 11.8 Å². The fraction of sp³-hybridized carbons (Fsp3) is 0.700. The number of imide groups is 1. The maximum absolute atomic E-state index is 12.1. The third-order valence-corrected chi connectivity index (χ3v) is 8.94. The second kappa shape index (κ2) is 11.4. The Morgan fingerprint density at radius 1 is 1.03 bits per heavy atom. The average Bonchev–Trinajstić information content (AvgIpc) is 2.86. The number of hydrogen-bond donors (Lipinski definition) is 3. The van der Waals surface area contributed by atoms with Gasteiger partial charge in [-0.2, -0.15) is 0 Å². The van der Waals surface area contributed by atoms with Crippen molar-refractivity contribution in [3.05, 3.63) is 24.3 Å². The number of nitrogens with zero attached hydrogens (tertiary/aromatic N) is 2. The largest absolute Gasteiger partial charge is 0.444 e. The van der Waals surface area contributed by atoms with Crippen molar-refractivity contribution in [1.29, 1.82) is 0 Å². The van der Waals surface area contributed by atoms with Crippen LogP contribution in [-0.4, -0.2) is 73.2 Å². The molecule has 3 N–H and O–H groups in total. The maximum Gasteiger partial charge on any atom is 0.407 e. The van der Waals surface area contributed by atoms with Crippen LogP contribution >= 0.6 is 0 Å². The van der Waals surface area contributed by atoms with Crippen LogP contribution in [0.4, 0.5) is 16.2 Å². The third-order valence-electron chi connectivity index (χ3n) is 8.94. The van der Waals surface area contributed by atoms with Crippen LogP contribution in [0.3, 0.4) is 0 Å². The van der Waals surface area contributed by atoms with E-state index < -0.39 is 5.60 Å². The van der Waals surface area contributed by atoms with Gasteiger partial charge in [0.05, 0.1) is 0 Å². The SMILES string of the molecule is CC(C)(C)OC(=O)NC1CC2(CCN(CC3CCN(c4ccc(NC5CCC(=O)NC5=O)cc4)CC3)CC2)C1. The van der Waals surface area contributed by atoms with Crippen LogP contribution in [-0.2, 0) is 14.3 Å². The van der Waals surface area contributed by atoms with E-state index in [0.29, 0.717) is 18.3 Å². The molecule has 0 radical (unpaired) electrons. The van der Waals surface area contributed by atoms with E-state index in [4.69, 9.17) is 4.74 Å². The first-order chi connectivity index (χ1) is 18.6.